The lowest BCUT2D eigenvalue weighted by molar-refractivity contribution is 0.628. The van der Waals surface area contributed by atoms with Gasteiger partial charge in [0.05, 0.1) is 17.1 Å². The molecule has 25 heavy (non-hydrogen) atoms. The first-order valence-corrected chi connectivity index (χ1v) is 10.2. The first-order valence-electron chi connectivity index (χ1n) is 7.48. The van der Waals surface area contributed by atoms with E-state index in [9.17, 15) is 4.39 Å². The molecule has 0 saturated carbocycles. The average molecular weight is 386 g/mol. The highest BCUT2D eigenvalue weighted by molar-refractivity contribution is 8.00. The van der Waals surface area contributed by atoms with Crippen LogP contribution in [0.2, 0.25) is 0 Å². The molecule has 0 N–H and O–H groups in total. The van der Waals surface area contributed by atoms with Crippen LogP contribution in [0.25, 0.3) is 22.0 Å². The minimum Gasteiger partial charge on any atom is -0.254 e. The summed E-state index contributed by atoms with van der Waals surface area (Å²) in [6.07, 6.45) is 1.78. The monoisotopic (exact) mass is 385 g/mol. The van der Waals surface area contributed by atoms with Crippen molar-refractivity contribution in [1.29, 1.82) is 0 Å². The standard InChI is InChI=1S/C18H12FN3S3/c19-13-6-4-12(5-7-13)16-11-25-18(22-16)24-10-14-9-23-17(21-14)15-3-1-2-8-20-15/h1-9,11H,10H2. The Morgan fingerprint density at radius 1 is 0.920 bits per heavy atom. The normalized spacial score (nSPS) is 10.9. The Kier molecular flexibility index (Phi) is 4.87. The smallest absolute Gasteiger partial charge is 0.150 e. The molecule has 0 bridgehead atoms. The minimum atomic E-state index is -0.235. The van der Waals surface area contributed by atoms with Crippen LogP contribution in [0, 0.1) is 5.82 Å². The Bertz CT molecular complexity index is 965. The number of aromatic nitrogens is 3. The summed E-state index contributed by atoms with van der Waals surface area (Å²) >= 11 is 4.85. The molecule has 0 unspecified atom stereocenters. The second-order valence-corrected chi connectivity index (χ2v) is 8.09. The maximum Gasteiger partial charge on any atom is 0.150 e. The van der Waals surface area contributed by atoms with Crippen molar-refractivity contribution in [2.75, 3.05) is 0 Å². The van der Waals surface area contributed by atoms with Crippen molar-refractivity contribution in [3.05, 3.63) is 70.9 Å². The fourth-order valence-electron chi connectivity index (χ4n) is 2.19. The molecule has 7 heteroatoms. The molecule has 0 spiro atoms. The number of pyridine rings is 1. The van der Waals surface area contributed by atoms with Crippen LogP contribution in [-0.2, 0) is 5.75 Å². The van der Waals surface area contributed by atoms with Crippen molar-refractivity contribution in [3.8, 4) is 22.0 Å². The summed E-state index contributed by atoms with van der Waals surface area (Å²) in [6.45, 7) is 0. The lowest BCUT2D eigenvalue weighted by Gasteiger charge is -1.96. The van der Waals surface area contributed by atoms with Gasteiger partial charge in [0.2, 0.25) is 0 Å². The molecule has 0 radical (unpaired) electrons. The van der Waals surface area contributed by atoms with Crippen molar-refractivity contribution in [2.24, 2.45) is 0 Å². The number of benzene rings is 1. The zero-order valence-electron chi connectivity index (χ0n) is 12.9. The molecule has 0 amide bonds. The third-order valence-corrected chi connectivity index (χ3v) is 6.37. The molecule has 4 aromatic rings. The Balaban J connectivity index is 1.42. The Labute approximate surface area is 156 Å². The fourth-order valence-corrected chi connectivity index (χ4v) is 4.82. The van der Waals surface area contributed by atoms with E-state index in [1.165, 1.54) is 12.1 Å². The van der Waals surface area contributed by atoms with Crippen LogP contribution in [0.15, 0.2) is 63.8 Å². The van der Waals surface area contributed by atoms with Gasteiger partial charge in [0, 0.05) is 28.3 Å². The Hall–Kier alpha value is -2.09. The van der Waals surface area contributed by atoms with E-state index < -0.39 is 0 Å². The number of thioether (sulfide) groups is 1. The third-order valence-electron chi connectivity index (χ3n) is 3.40. The van der Waals surface area contributed by atoms with E-state index in [0.717, 1.165) is 37.7 Å². The lowest BCUT2D eigenvalue weighted by atomic mass is 10.2. The zero-order valence-corrected chi connectivity index (χ0v) is 15.4. The van der Waals surface area contributed by atoms with E-state index in [2.05, 4.69) is 20.3 Å². The van der Waals surface area contributed by atoms with E-state index in [1.54, 1.807) is 52.8 Å². The van der Waals surface area contributed by atoms with Crippen LogP contribution in [0.4, 0.5) is 4.39 Å². The summed E-state index contributed by atoms with van der Waals surface area (Å²) in [6, 6.07) is 12.2. The molecule has 0 saturated heterocycles. The molecular weight excluding hydrogens is 373 g/mol. The molecule has 0 atom stereocenters. The summed E-state index contributed by atoms with van der Waals surface area (Å²) in [4.78, 5) is 13.6. The highest BCUT2D eigenvalue weighted by Crippen LogP contribution is 2.31. The average Bonchev–Trinajstić information content (AvgIpc) is 3.31. The van der Waals surface area contributed by atoms with E-state index in [-0.39, 0.29) is 5.82 Å². The van der Waals surface area contributed by atoms with Gasteiger partial charge in [-0.15, -0.1) is 22.7 Å². The Morgan fingerprint density at radius 2 is 1.80 bits per heavy atom. The molecule has 0 aliphatic heterocycles. The molecule has 124 valence electrons. The summed E-state index contributed by atoms with van der Waals surface area (Å²) in [5.74, 6) is 0.528. The molecule has 4 rings (SSSR count). The molecule has 0 fully saturated rings. The highest BCUT2D eigenvalue weighted by atomic mass is 32.2. The van der Waals surface area contributed by atoms with Crippen molar-refractivity contribution in [3.63, 3.8) is 0 Å². The molecular formula is C18H12FN3S3. The van der Waals surface area contributed by atoms with Gasteiger partial charge in [0.25, 0.3) is 0 Å². The predicted octanol–water partition coefficient (Wildman–Crippen LogP) is 5.76. The van der Waals surface area contributed by atoms with Crippen LogP contribution >= 0.6 is 34.4 Å². The van der Waals surface area contributed by atoms with Crippen molar-refractivity contribution < 1.29 is 4.39 Å². The lowest BCUT2D eigenvalue weighted by Crippen LogP contribution is -1.84. The van der Waals surface area contributed by atoms with Crippen molar-refractivity contribution >= 4 is 34.4 Å². The van der Waals surface area contributed by atoms with Gasteiger partial charge >= 0.3 is 0 Å². The molecule has 3 aromatic heterocycles. The zero-order chi connectivity index (χ0) is 17.1. The van der Waals surface area contributed by atoms with Crippen molar-refractivity contribution in [2.45, 2.75) is 10.1 Å². The number of hydrogen-bond donors (Lipinski definition) is 0. The second kappa shape index (κ2) is 7.43. The molecule has 0 aliphatic rings. The maximum absolute atomic E-state index is 13.0. The second-order valence-electron chi connectivity index (χ2n) is 5.15. The molecule has 3 heterocycles. The first-order chi connectivity index (χ1) is 12.3. The van der Waals surface area contributed by atoms with Gasteiger partial charge in [-0.2, -0.15) is 0 Å². The van der Waals surface area contributed by atoms with Gasteiger partial charge in [-0.3, -0.25) is 4.98 Å². The molecule has 1 aromatic carbocycles. The third kappa shape index (κ3) is 3.95. The summed E-state index contributed by atoms with van der Waals surface area (Å²) < 4.78 is 14.0. The number of nitrogens with zero attached hydrogens (tertiary/aromatic N) is 3. The summed E-state index contributed by atoms with van der Waals surface area (Å²) in [5, 5.41) is 4.99. The fraction of sp³-hybridized carbons (Fsp3) is 0.0556. The van der Waals surface area contributed by atoms with Crippen LogP contribution in [-0.4, -0.2) is 15.0 Å². The van der Waals surface area contributed by atoms with Crippen LogP contribution in [0.3, 0.4) is 0 Å². The summed E-state index contributed by atoms with van der Waals surface area (Å²) in [5.41, 5.74) is 3.72. The van der Waals surface area contributed by atoms with Crippen LogP contribution < -0.4 is 0 Å². The molecule has 0 aliphatic carbocycles. The maximum atomic E-state index is 13.0. The molecule has 3 nitrogen and oxygen atoms in total. The van der Waals surface area contributed by atoms with E-state index in [4.69, 9.17) is 0 Å². The van der Waals surface area contributed by atoms with E-state index in [0.29, 0.717) is 0 Å². The topological polar surface area (TPSA) is 38.7 Å². The predicted molar refractivity (Wildman–Crippen MR) is 102 cm³/mol. The number of hydrogen-bond acceptors (Lipinski definition) is 6. The quantitative estimate of drug-likeness (QED) is 0.409. The number of thiazole rings is 2. The van der Waals surface area contributed by atoms with Gasteiger partial charge in [-0.25, -0.2) is 14.4 Å². The number of rotatable bonds is 5. The summed E-state index contributed by atoms with van der Waals surface area (Å²) in [7, 11) is 0. The Morgan fingerprint density at radius 3 is 2.60 bits per heavy atom. The number of halogens is 1. The van der Waals surface area contributed by atoms with Crippen LogP contribution in [0.5, 0.6) is 0 Å². The minimum absolute atomic E-state index is 0.235. The van der Waals surface area contributed by atoms with E-state index in [1.807, 2.05) is 23.6 Å². The first kappa shape index (κ1) is 16.4. The largest absolute Gasteiger partial charge is 0.254 e. The van der Waals surface area contributed by atoms with Crippen LogP contribution in [0.1, 0.15) is 5.69 Å². The van der Waals surface area contributed by atoms with Gasteiger partial charge in [-0.05, 0) is 36.4 Å². The van der Waals surface area contributed by atoms with Gasteiger partial charge < -0.3 is 0 Å². The van der Waals surface area contributed by atoms with Gasteiger partial charge in [0.1, 0.15) is 10.8 Å². The van der Waals surface area contributed by atoms with Gasteiger partial charge in [0.15, 0.2) is 4.34 Å². The van der Waals surface area contributed by atoms with E-state index >= 15 is 0 Å². The SMILES string of the molecule is Fc1ccc(-c2csc(SCc3csc(-c4ccccn4)n3)n2)cc1. The highest BCUT2D eigenvalue weighted by Gasteiger charge is 2.09. The van der Waals surface area contributed by atoms with Gasteiger partial charge in [-0.1, -0.05) is 17.8 Å². The van der Waals surface area contributed by atoms with Crippen molar-refractivity contribution in [1.82, 2.24) is 15.0 Å².